The Morgan fingerprint density at radius 1 is 0.957 bits per heavy atom. The maximum absolute atomic E-state index is 11.9. The number of rotatable bonds is 6. The molecule has 0 atom stereocenters. The van der Waals surface area contributed by atoms with Crippen LogP contribution in [0.4, 0.5) is 5.69 Å². The van der Waals surface area contributed by atoms with Gasteiger partial charge in [-0.2, -0.15) is 0 Å². The highest BCUT2D eigenvalue weighted by molar-refractivity contribution is 5.95. The van der Waals surface area contributed by atoms with Gasteiger partial charge in [0, 0.05) is 5.69 Å². The fraction of sp³-hybridized carbons (Fsp3) is 0.263. The first-order chi connectivity index (χ1) is 11.1. The average Bonchev–Trinajstić information content (AvgIpc) is 2.60. The summed E-state index contributed by atoms with van der Waals surface area (Å²) in [4.78, 5) is 23.9. The molecule has 0 spiro atoms. The molecule has 2 aromatic carbocycles. The third kappa shape index (κ3) is 4.68. The van der Waals surface area contributed by atoms with E-state index in [2.05, 4.69) is 5.32 Å². The summed E-state index contributed by atoms with van der Waals surface area (Å²) >= 11 is 0. The normalized spacial score (nSPS) is 10.2. The number of benzene rings is 2. The first-order valence-electron chi connectivity index (χ1n) is 7.77. The number of hydrogen-bond donors (Lipinski definition) is 1. The highest BCUT2D eigenvalue weighted by Gasteiger charge is 2.11. The van der Waals surface area contributed by atoms with Crippen molar-refractivity contribution in [3.63, 3.8) is 0 Å². The Morgan fingerprint density at radius 2 is 1.65 bits per heavy atom. The van der Waals surface area contributed by atoms with Crippen molar-refractivity contribution >= 4 is 17.6 Å². The molecule has 0 unspecified atom stereocenters. The molecular formula is C19H21NO3. The predicted octanol–water partition coefficient (Wildman–Crippen LogP) is 3.61. The Labute approximate surface area is 136 Å². The molecule has 0 fully saturated rings. The molecule has 23 heavy (non-hydrogen) atoms. The molecule has 0 radical (unpaired) electrons. The highest BCUT2D eigenvalue weighted by Crippen LogP contribution is 2.15. The molecule has 2 aromatic rings. The van der Waals surface area contributed by atoms with Crippen LogP contribution in [0.25, 0.3) is 0 Å². The number of amides is 1. The van der Waals surface area contributed by atoms with Gasteiger partial charge in [0.05, 0.1) is 5.56 Å². The lowest BCUT2D eigenvalue weighted by Gasteiger charge is -2.10. The maximum Gasteiger partial charge on any atom is 0.338 e. The van der Waals surface area contributed by atoms with Gasteiger partial charge in [-0.1, -0.05) is 44.2 Å². The molecule has 0 bridgehead atoms. The SMILES string of the molecule is CCc1ccc(C(=O)OCC(=O)Nc2ccccc2CC)cc1. The molecule has 0 aliphatic rings. The second-order valence-electron chi connectivity index (χ2n) is 5.19. The van der Waals surface area contributed by atoms with Gasteiger partial charge < -0.3 is 10.1 Å². The topological polar surface area (TPSA) is 55.4 Å². The molecule has 0 heterocycles. The van der Waals surface area contributed by atoms with Gasteiger partial charge in [-0.15, -0.1) is 0 Å². The number of esters is 1. The van der Waals surface area contributed by atoms with Crippen LogP contribution in [0, 0.1) is 0 Å². The van der Waals surface area contributed by atoms with Gasteiger partial charge in [0.2, 0.25) is 0 Å². The molecule has 1 N–H and O–H groups in total. The van der Waals surface area contributed by atoms with Crippen molar-refractivity contribution in [2.45, 2.75) is 26.7 Å². The minimum absolute atomic E-state index is 0.299. The lowest BCUT2D eigenvalue weighted by Crippen LogP contribution is -2.21. The number of nitrogens with one attached hydrogen (secondary N) is 1. The van der Waals surface area contributed by atoms with E-state index in [1.807, 2.05) is 50.2 Å². The lowest BCUT2D eigenvalue weighted by atomic mass is 10.1. The number of hydrogen-bond acceptors (Lipinski definition) is 3. The quantitative estimate of drug-likeness (QED) is 0.829. The molecule has 1 amide bonds. The smallest absolute Gasteiger partial charge is 0.338 e. The van der Waals surface area contributed by atoms with Crippen molar-refractivity contribution in [2.24, 2.45) is 0 Å². The zero-order valence-electron chi connectivity index (χ0n) is 13.5. The van der Waals surface area contributed by atoms with Crippen LogP contribution in [0.3, 0.4) is 0 Å². The van der Waals surface area contributed by atoms with Crippen LogP contribution in [0.5, 0.6) is 0 Å². The van der Waals surface area contributed by atoms with E-state index < -0.39 is 5.97 Å². The van der Waals surface area contributed by atoms with E-state index in [0.29, 0.717) is 5.56 Å². The molecule has 4 nitrogen and oxygen atoms in total. The van der Waals surface area contributed by atoms with Crippen molar-refractivity contribution in [3.8, 4) is 0 Å². The molecule has 0 aliphatic carbocycles. The van der Waals surface area contributed by atoms with Crippen LogP contribution in [0.2, 0.25) is 0 Å². The monoisotopic (exact) mass is 311 g/mol. The Hall–Kier alpha value is -2.62. The zero-order chi connectivity index (χ0) is 16.7. The average molecular weight is 311 g/mol. The van der Waals surface area contributed by atoms with Crippen LogP contribution in [0.1, 0.15) is 35.3 Å². The van der Waals surface area contributed by atoms with Crippen LogP contribution in [-0.4, -0.2) is 18.5 Å². The van der Waals surface area contributed by atoms with E-state index in [1.54, 1.807) is 12.1 Å². The number of aryl methyl sites for hydroxylation is 2. The Morgan fingerprint density at radius 3 is 2.30 bits per heavy atom. The third-order valence-electron chi connectivity index (χ3n) is 3.60. The largest absolute Gasteiger partial charge is 0.452 e. The van der Waals surface area contributed by atoms with Crippen LogP contribution < -0.4 is 5.32 Å². The van der Waals surface area contributed by atoms with Gasteiger partial charge >= 0.3 is 5.97 Å². The number of anilines is 1. The molecule has 2 rings (SSSR count). The summed E-state index contributed by atoms with van der Waals surface area (Å²) in [5.41, 5.74) is 3.39. The highest BCUT2D eigenvalue weighted by atomic mass is 16.5. The fourth-order valence-electron chi connectivity index (χ4n) is 2.23. The summed E-state index contributed by atoms with van der Waals surface area (Å²) < 4.78 is 5.06. The summed E-state index contributed by atoms with van der Waals surface area (Å²) in [6.07, 6.45) is 1.73. The Kier molecular flexibility index (Phi) is 5.92. The van der Waals surface area contributed by atoms with E-state index in [0.717, 1.165) is 29.7 Å². The van der Waals surface area contributed by atoms with Gasteiger partial charge in [-0.3, -0.25) is 4.79 Å². The minimum atomic E-state index is -0.494. The van der Waals surface area contributed by atoms with Gasteiger partial charge in [0.15, 0.2) is 6.61 Å². The molecular weight excluding hydrogens is 290 g/mol. The van der Waals surface area contributed by atoms with Gasteiger partial charge in [0.25, 0.3) is 5.91 Å². The second kappa shape index (κ2) is 8.13. The first-order valence-corrected chi connectivity index (χ1v) is 7.77. The number of ether oxygens (including phenoxy) is 1. The number of carbonyl (C=O) groups is 2. The van der Waals surface area contributed by atoms with Crippen molar-refractivity contribution in [1.82, 2.24) is 0 Å². The molecule has 0 aliphatic heterocycles. The molecule has 0 aromatic heterocycles. The Balaban J connectivity index is 1.89. The summed E-state index contributed by atoms with van der Waals surface area (Å²) in [5, 5.41) is 2.77. The lowest BCUT2D eigenvalue weighted by molar-refractivity contribution is -0.119. The molecule has 0 saturated heterocycles. The summed E-state index contributed by atoms with van der Waals surface area (Å²) in [7, 11) is 0. The van der Waals surface area contributed by atoms with Crippen molar-refractivity contribution in [2.75, 3.05) is 11.9 Å². The van der Waals surface area contributed by atoms with Crippen molar-refractivity contribution in [3.05, 3.63) is 65.2 Å². The molecule has 4 heteroatoms. The number of carbonyl (C=O) groups excluding carboxylic acids is 2. The van der Waals surface area contributed by atoms with Gasteiger partial charge in [-0.25, -0.2) is 4.79 Å². The first kappa shape index (κ1) is 16.7. The maximum atomic E-state index is 11.9. The molecule has 120 valence electrons. The van der Waals surface area contributed by atoms with E-state index >= 15 is 0 Å². The van der Waals surface area contributed by atoms with Crippen LogP contribution >= 0.6 is 0 Å². The van der Waals surface area contributed by atoms with Gasteiger partial charge in [-0.05, 0) is 42.2 Å². The van der Waals surface area contributed by atoms with E-state index in [1.165, 1.54) is 0 Å². The summed E-state index contributed by atoms with van der Waals surface area (Å²) in [5.74, 6) is -0.837. The van der Waals surface area contributed by atoms with Crippen molar-refractivity contribution < 1.29 is 14.3 Å². The predicted molar refractivity (Wildman–Crippen MR) is 90.6 cm³/mol. The van der Waals surface area contributed by atoms with Crippen molar-refractivity contribution in [1.29, 1.82) is 0 Å². The third-order valence-corrected chi connectivity index (χ3v) is 3.60. The summed E-state index contributed by atoms with van der Waals surface area (Å²) in [6, 6.07) is 14.8. The van der Waals surface area contributed by atoms with Crippen LogP contribution in [-0.2, 0) is 22.4 Å². The van der Waals surface area contributed by atoms with E-state index in [4.69, 9.17) is 4.74 Å². The second-order valence-corrected chi connectivity index (χ2v) is 5.19. The fourth-order valence-corrected chi connectivity index (χ4v) is 2.23. The molecule has 0 saturated carbocycles. The van der Waals surface area contributed by atoms with Crippen LogP contribution in [0.15, 0.2) is 48.5 Å². The minimum Gasteiger partial charge on any atom is -0.452 e. The standard InChI is InChI=1S/C19H21NO3/c1-3-14-9-11-16(12-10-14)19(22)23-13-18(21)20-17-8-6-5-7-15(17)4-2/h5-12H,3-4,13H2,1-2H3,(H,20,21). The zero-order valence-corrected chi connectivity index (χ0v) is 13.5. The van der Waals surface area contributed by atoms with Gasteiger partial charge in [0.1, 0.15) is 0 Å². The number of para-hydroxylation sites is 1. The summed E-state index contributed by atoms with van der Waals surface area (Å²) in [6.45, 7) is 3.77. The van der Waals surface area contributed by atoms with E-state index in [9.17, 15) is 9.59 Å². The Bertz CT molecular complexity index is 677. The van der Waals surface area contributed by atoms with E-state index in [-0.39, 0.29) is 12.5 Å².